The summed E-state index contributed by atoms with van der Waals surface area (Å²) in [5, 5.41) is 6.92. The first-order valence-electron chi connectivity index (χ1n) is 3.28. The third-order valence-electron chi connectivity index (χ3n) is 1.30. The molecule has 1 aromatic heterocycles. The highest BCUT2D eigenvalue weighted by Gasteiger charge is 2.03. The molecule has 66 valence electrons. The third kappa shape index (κ3) is 1.85. The van der Waals surface area contributed by atoms with Crippen molar-refractivity contribution in [3.8, 4) is 5.88 Å². The third-order valence-corrected chi connectivity index (χ3v) is 1.40. The Hall–Kier alpha value is -1.30. The number of ether oxygens (including phenoxy) is 1. The highest BCUT2D eigenvalue weighted by molar-refractivity contribution is 7.80. The molecule has 0 amide bonds. The van der Waals surface area contributed by atoms with E-state index in [0.717, 1.165) is 0 Å². The van der Waals surface area contributed by atoms with E-state index in [4.69, 9.17) is 10.5 Å². The van der Waals surface area contributed by atoms with Gasteiger partial charge < -0.3 is 15.8 Å². The van der Waals surface area contributed by atoms with Gasteiger partial charge in [0, 0.05) is 13.1 Å². The first-order chi connectivity index (χ1) is 5.63. The van der Waals surface area contributed by atoms with Crippen LogP contribution < -0.4 is 15.8 Å². The topological polar surface area (TPSA) is 65.1 Å². The van der Waals surface area contributed by atoms with E-state index in [0.29, 0.717) is 11.7 Å². The molecular formula is C6H10N4OS. The van der Waals surface area contributed by atoms with Crippen molar-refractivity contribution in [3.05, 3.63) is 6.07 Å². The molecule has 1 heterocycles. The van der Waals surface area contributed by atoms with Gasteiger partial charge in [0.05, 0.1) is 7.11 Å². The lowest BCUT2D eigenvalue weighted by molar-refractivity contribution is 0.373. The van der Waals surface area contributed by atoms with Gasteiger partial charge in [0.15, 0.2) is 10.9 Å². The Balaban J connectivity index is 2.82. The average molecular weight is 186 g/mol. The van der Waals surface area contributed by atoms with Crippen molar-refractivity contribution in [2.75, 3.05) is 12.4 Å². The van der Waals surface area contributed by atoms with Crippen molar-refractivity contribution < 1.29 is 4.74 Å². The fraction of sp³-hybridized carbons (Fsp3) is 0.333. The summed E-state index contributed by atoms with van der Waals surface area (Å²) in [6, 6.07) is 1.71. The Morgan fingerprint density at radius 3 is 2.92 bits per heavy atom. The van der Waals surface area contributed by atoms with Gasteiger partial charge >= 0.3 is 0 Å². The molecule has 5 nitrogen and oxygen atoms in total. The van der Waals surface area contributed by atoms with Crippen LogP contribution in [0.4, 0.5) is 5.82 Å². The van der Waals surface area contributed by atoms with Crippen molar-refractivity contribution in [2.24, 2.45) is 12.8 Å². The standard InChI is InChI=1S/C6H10N4OS/c1-10-5(11-2)3-4(9-10)8-6(7)12/h3H,1-2H3,(H3,7,8,9,12). The summed E-state index contributed by atoms with van der Waals surface area (Å²) in [5.41, 5.74) is 5.26. The Kier molecular flexibility index (Phi) is 2.49. The molecule has 12 heavy (non-hydrogen) atoms. The number of thiocarbonyl (C=S) groups is 1. The molecule has 0 bridgehead atoms. The Bertz CT molecular complexity index is 296. The highest BCUT2D eigenvalue weighted by Crippen LogP contribution is 2.14. The molecule has 0 atom stereocenters. The Morgan fingerprint density at radius 2 is 2.50 bits per heavy atom. The molecule has 0 saturated heterocycles. The lowest BCUT2D eigenvalue weighted by Crippen LogP contribution is -2.19. The molecule has 0 aromatic carbocycles. The van der Waals surface area contributed by atoms with E-state index in [1.807, 2.05) is 0 Å². The van der Waals surface area contributed by atoms with Gasteiger partial charge in [-0.15, -0.1) is 0 Å². The number of nitrogens with one attached hydrogen (secondary N) is 1. The fourth-order valence-electron chi connectivity index (χ4n) is 0.828. The molecule has 1 aromatic rings. The SMILES string of the molecule is COc1cc(NC(N)=S)nn1C. The lowest BCUT2D eigenvalue weighted by Gasteiger charge is -1.95. The summed E-state index contributed by atoms with van der Waals surface area (Å²) >= 11 is 4.64. The van der Waals surface area contributed by atoms with Crippen LogP contribution in [0.3, 0.4) is 0 Å². The first kappa shape index (κ1) is 8.79. The lowest BCUT2D eigenvalue weighted by atomic mass is 10.6. The number of methoxy groups -OCH3 is 1. The van der Waals surface area contributed by atoms with E-state index in [9.17, 15) is 0 Å². The smallest absolute Gasteiger partial charge is 0.213 e. The predicted octanol–water partition coefficient (Wildman–Crippen LogP) is 0.0842. The molecule has 0 spiro atoms. The molecule has 1 rings (SSSR count). The molecule has 0 aliphatic heterocycles. The first-order valence-corrected chi connectivity index (χ1v) is 3.69. The van der Waals surface area contributed by atoms with Gasteiger partial charge in [-0.3, -0.25) is 0 Å². The van der Waals surface area contributed by atoms with Crippen LogP contribution in [0.5, 0.6) is 5.88 Å². The minimum Gasteiger partial charge on any atom is -0.481 e. The van der Waals surface area contributed by atoms with Gasteiger partial charge in [0.2, 0.25) is 5.88 Å². The Morgan fingerprint density at radius 1 is 1.83 bits per heavy atom. The van der Waals surface area contributed by atoms with Crippen LogP contribution in [0.1, 0.15) is 0 Å². The summed E-state index contributed by atoms with van der Waals surface area (Å²) in [6.07, 6.45) is 0. The minimum atomic E-state index is 0.191. The van der Waals surface area contributed by atoms with Crippen LogP contribution in [0.2, 0.25) is 0 Å². The predicted molar refractivity (Wildman–Crippen MR) is 50.2 cm³/mol. The van der Waals surface area contributed by atoms with Crippen LogP contribution in [0, 0.1) is 0 Å². The quantitative estimate of drug-likeness (QED) is 0.640. The number of hydrogen-bond donors (Lipinski definition) is 2. The van der Waals surface area contributed by atoms with E-state index in [1.165, 1.54) is 0 Å². The average Bonchev–Trinajstić information content (AvgIpc) is 2.29. The van der Waals surface area contributed by atoms with Gasteiger partial charge in [-0.1, -0.05) is 0 Å². The number of anilines is 1. The van der Waals surface area contributed by atoms with Crippen LogP contribution in [-0.4, -0.2) is 22.0 Å². The maximum Gasteiger partial charge on any atom is 0.213 e. The molecule has 0 fully saturated rings. The van der Waals surface area contributed by atoms with E-state index >= 15 is 0 Å². The van der Waals surface area contributed by atoms with Crippen molar-refractivity contribution in [3.63, 3.8) is 0 Å². The van der Waals surface area contributed by atoms with E-state index in [1.54, 1.807) is 24.9 Å². The summed E-state index contributed by atoms with van der Waals surface area (Å²) in [5.74, 6) is 1.23. The number of nitrogens with two attached hydrogens (primary N) is 1. The Labute approximate surface area is 75.5 Å². The molecule has 0 unspecified atom stereocenters. The second-order valence-corrected chi connectivity index (χ2v) is 2.62. The van der Waals surface area contributed by atoms with Gasteiger partial charge in [0.25, 0.3) is 0 Å². The summed E-state index contributed by atoms with van der Waals surface area (Å²) in [6.45, 7) is 0. The molecule has 0 aliphatic rings. The summed E-state index contributed by atoms with van der Waals surface area (Å²) in [7, 11) is 3.34. The van der Waals surface area contributed by atoms with Gasteiger partial charge in [-0.25, -0.2) is 4.68 Å². The van der Waals surface area contributed by atoms with Gasteiger partial charge in [-0.05, 0) is 12.2 Å². The highest BCUT2D eigenvalue weighted by atomic mass is 32.1. The van der Waals surface area contributed by atoms with Crippen molar-refractivity contribution in [1.82, 2.24) is 9.78 Å². The molecular weight excluding hydrogens is 176 g/mol. The maximum atomic E-state index is 5.26. The number of nitrogens with zero attached hydrogens (tertiary/aromatic N) is 2. The van der Waals surface area contributed by atoms with Crippen LogP contribution in [0.25, 0.3) is 0 Å². The monoisotopic (exact) mass is 186 g/mol. The summed E-state index contributed by atoms with van der Waals surface area (Å²) in [4.78, 5) is 0. The fourth-order valence-corrected chi connectivity index (χ4v) is 0.933. The van der Waals surface area contributed by atoms with Crippen molar-refractivity contribution in [1.29, 1.82) is 0 Å². The number of hydrogen-bond acceptors (Lipinski definition) is 3. The number of rotatable bonds is 2. The van der Waals surface area contributed by atoms with Crippen LogP contribution in [-0.2, 0) is 7.05 Å². The zero-order chi connectivity index (χ0) is 9.14. The second-order valence-electron chi connectivity index (χ2n) is 2.18. The van der Waals surface area contributed by atoms with Crippen LogP contribution in [0.15, 0.2) is 6.07 Å². The van der Waals surface area contributed by atoms with Gasteiger partial charge in [0.1, 0.15) is 0 Å². The number of aryl methyl sites for hydroxylation is 1. The maximum absolute atomic E-state index is 5.26. The van der Waals surface area contributed by atoms with Crippen molar-refractivity contribution >= 4 is 23.1 Å². The van der Waals surface area contributed by atoms with E-state index in [-0.39, 0.29) is 5.11 Å². The largest absolute Gasteiger partial charge is 0.481 e. The molecule has 0 saturated carbocycles. The normalized spacial score (nSPS) is 9.50. The zero-order valence-corrected chi connectivity index (χ0v) is 7.68. The van der Waals surface area contributed by atoms with E-state index in [2.05, 4.69) is 22.6 Å². The second kappa shape index (κ2) is 3.40. The van der Waals surface area contributed by atoms with Crippen molar-refractivity contribution in [2.45, 2.75) is 0 Å². The molecule has 3 N–H and O–H groups in total. The van der Waals surface area contributed by atoms with E-state index < -0.39 is 0 Å². The minimum absolute atomic E-state index is 0.191. The summed E-state index contributed by atoms with van der Waals surface area (Å²) < 4.78 is 6.57. The van der Waals surface area contributed by atoms with Gasteiger partial charge in [-0.2, -0.15) is 5.10 Å². The number of aromatic nitrogens is 2. The molecule has 0 aliphatic carbocycles. The molecule has 0 radical (unpaired) electrons. The zero-order valence-electron chi connectivity index (χ0n) is 6.87. The molecule has 6 heteroatoms. The van der Waals surface area contributed by atoms with Crippen LogP contribution >= 0.6 is 12.2 Å².